The molecular formula is C16H10Cl2N4S. The van der Waals surface area contributed by atoms with E-state index in [0.29, 0.717) is 15.9 Å². The Balaban J connectivity index is 1.75. The maximum absolute atomic E-state index is 6.30. The SMILES string of the molecule is Clc1ccc(-c2nnc3n2NC(c2ccccc2)=CS3)c(Cl)c1. The number of hydrogen-bond donors (Lipinski definition) is 1. The van der Waals surface area contributed by atoms with Crippen LogP contribution in [0.25, 0.3) is 17.1 Å². The third-order valence-electron chi connectivity index (χ3n) is 3.40. The zero-order valence-electron chi connectivity index (χ0n) is 11.7. The van der Waals surface area contributed by atoms with E-state index in [9.17, 15) is 0 Å². The zero-order chi connectivity index (χ0) is 15.8. The van der Waals surface area contributed by atoms with E-state index in [1.165, 1.54) is 11.8 Å². The summed E-state index contributed by atoms with van der Waals surface area (Å²) < 4.78 is 1.84. The van der Waals surface area contributed by atoms with Gasteiger partial charge in [0.1, 0.15) is 0 Å². The highest BCUT2D eigenvalue weighted by atomic mass is 35.5. The van der Waals surface area contributed by atoms with Crippen LogP contribution >= 0.6 is 35.0 Å². The summed E-state index contributed by atoms with van der Waals surface area (Å²) in [6, 6.07) is 15.4. The van der Waals surface area contributed by atoms with E-state index in [1.807, 2.05) is 46.5 Å². The van der Waals surface area contributed by atoms with Crippen molar-refractivity contribution in [2.24, 2.45) is 0 Å². The van der Waals surface area contributed by atoms with Gasteiger partial charge in [-0.25, -0.2) is 4.68 Å². The Bertz CT molecular complexity index is 906. The fraction of sp³-hybridized carbons (Fsp3) is 0. The summed E-state index contributed by atoms with van der Waals surface area (Å²) in [5, 5.41) is 12.4. The van der Waals surface area contributed by atoms with E-state index < -0.39 is 0 Å². The average Bonchev–Trinajstić information content (AvgIpc) is 2.99. The fourth-order valence-corrected chi connectivity index (χ4v) is 3.53. The van der Waals surface area contributed by atoms with Gasteiger partial charge in [0.25, 0.3) is 0 Å². The molecule has 4 nitrogen and oxygen atoms in total. The van der Waals surface area contributed by atoms with Crippen LogP contribution < -0.4 is 5.43 Å². The first-order valence-corrected chi connectivity index (χ1v) is 8.46. The number of thioether (sulfide) groups is 1. The minimum Gasteiger partial charge on any atom is -0.289 e. The van der Waals surface area contributed by atoms with Crippen LogP contribution in [0.5, 0.6) is 0 Å². The van der Waals surface area contributed by atoms with Gasteiger partial charge in [0.05, 0.1) is 10.7 Å². The molecule has 2 heterocycles. The molecule has 2 aromatic carbocycles. The highest BCUT2D eigenvalue weighted by Gasteiger charge is 2.20. The van der Waals surface area contributed by atoms with Crippen molar-refractivity contribution in [3.05, 3.63) is 69.5 Å². The van der Waals surface area contributed by atoms with Crippen molar-refractivity contribution in [3.8, 4) is 11.4 Å². The molecular weight excluding hydrogens is 351 g/mol. The van der Waals surface area contributed by atoms with E-state index in [0.717, 1.165) is 22.0 Å². The largest absolute Gasteiger partial charge is 0.289 e. The minimum absolute atomic E-state index is 0.537. The lowest BCUT2D eigenvalue weighted by Crippen LogP contribution is -2.18. The lowest BCUT2D eigenvalue weighted by molar-refractivity contribution is 0.826. The average molecular weight is 361 g/mol. The predicted molar refractivity (Wildman–Crippen MR) is 95.1 cm³/mol. The van der Waals surface area contributed by atoms with Gasteiger partial charge in [-0.2, -0.15) is 0 Å². The first kappa shape index (κ1) is 14.6. The molecule has 4 rings (SSSR count). The number of hydrogen-bond acceptors (Lipinski definition) is 4. The number of halogens is 2. The first-order valence-electron chi connectivity index (χ1n) is 6.82. The lowest BCUT2D eigenvalue weighted by Gasteiger charge is -2.19. The van der Waals surface area contributed by atoms with Crippen LogP contribution in [0.4, 0.5) is 0 Å². The van der Waals surface area contributed by atoms with Gasteiger partial charge in [0.15, 0.2) is 5.82 Å². The Hall–Kier alpha value is -1.95. The van der Waals surface area contributed by atoms with Crippen LogP contribution in [0, 0.1) is 0 Å². The monoisotopic (exact) mass is 360 g/mol. The van der Waals surface area contributed by atoms with E-state index >= 15 is 0 Å². The molecule has 1 aliphatic heterocycles. The molecule has 0 saturated heterocycles. The van der Waals surface area contributed by atoms with Gasteiger partial charge < -0.3 is 0 Å². The summed E-state index contributed by atoms with van der Waals surface area (Å²) in [5.41, 5.74) is 6.19. The van der Waals surface area contributed by atoms with Crippen LogP contribution in [-0.2, 0) is 0 Å². The molecule has 23 heavy (non-hydrogen) atoms. The topological polar surface area (TPSA) is 42.7 Å². The molecule has 0 amide bonds. The number of fused-ring (bicyclic) bond motifs is 1. The molecule has 3 aromatic rings. The second-order valence-corrected chi connectivity index (χ2v) is 6.57. The second kappa shape index (κ2) is 5.92. The van der Waals surface area contributed by atoms with E-state index in [1.54, 1.807) is 12.1 Å². The molecule has 0 radical (unpaired) electrons. The molecule has 0 bridgehead atoms. The Kier molecular flexibility index (Phi) is 3.77. The van der Waals surface area contributed by atoms with Gasteiger partial charge in [0, 0.05) is 16.0 Å². The molecule has 1 N–H and O–H groups in total. The van der Waals surface area contributed by atoms with E-state index in [2.05, 4.69) is 15.6 Å². The van der Waals surface area contributed by atoms with Gasteiger partial charge in [0.2, 0.25) is 5.16 Å². The van der Waals surface area contributed by atoms with Crippen molar-refractivity contribution in [1.82, 2.24) is 14.9 Å². The van der Waals surface area contributed by atoms with Crippen molar-refractivity contribution < 1.29 is 0 Å². The van der Waals surface area contributed by atoms with Crippen molar-refractivity contribution in [2.75, 3.05) is 5.43 Å². The standard InChI is InChI=1S/C16H10Cl2N4S/c17-11-6-7-12(13(18)8-11)15-19-20-16-22(15)21-14(9-23-16)10-4-2-1-3-5-10/h1-9,21H. The molecule has 0 saturated carbocycles. The van der Waals surface area contributed by atoms with Gasteiger partial charge >= 0.3 is 0 Å². The summed E-state index contributed by atoms with van der Waals surface area (Å²) in [6.45, 7) is 0. The number of aromatic nitrogens is 3. The van der Waals surface area contributed by atoms with Gasteiger partial charge in [-0.3, -0.25) is 5.43 Å². The zero-order valence-corrected chi connectivity index (χ0v) is 14.0. The Morgan fingerprint density at radius 3 is 2.61 bits per heavy atom. The Morgan fingerprint density at radius 2 is 1.83 bits per heavy atom. The third kappa shape index (κ3) is 2.72. The third-order valence-corrected chi connectivity index (χ3v) is 4.78. The first-order chi connectivity index (χ1) is 11.2. The van der Waals surface area contributed by atoms with Crippen LogP contribution in [-0.4, -0.2) is 14.9 Å². The molecule has 1 aliphatic rings. The highest BCUT2D eigenvalue weighted by molar-refractivity contribution is 8.02. The number of benzene rings is 2. The van der Waals surface area contributed by atoms with Crippen LogP contribution in [0.1, 0.15) is 5.56 Å². The second-order valence-electron chi connectivity index (χ2n) is 4.89. The molecule has 7 heteroatoms. The molecule has 114 valence electrons. The van der Waals surface area contributed by atoms with E-state index in [-0.39, 0.29) is 0 Å². The van der Waals surface area contributed by atoms with E-state index in [4.69, 9.17) is 23.2 Å². The summed E-state index contributed by atoms with van der Waals surface area (Å²) >= 11 is 13.8. The number of nitrogens with zero attached hydrogens (tertiary/aromatic N) is 3. The van der Waals surface area contributed by atoms with Gasteiger partial charge in [-0.15, -0.1) is 10.2 Å². The predicted octanol–water partition coefficient (Wildman–Crippen LogP) is 4.90. The van der Waals surface area contributed by atoms with Gasteiger partial charge in [-0.1, -0.05) is 65.3 Å². The molecule has 0 aliphatic carbocycles. The van der Waals surface area contributed by atoms with Crippen LogP contribution in [0.2, 0.25) is 10.0 Å². The maximum atomic E-state index is 6.30. The molecule has 0 spiro atoms. The molecule has 1 aromatic heterocycles. The van der Waals surface area contributed by atoms with Crippen molar-refractivity contribution in [2.45, 2.75) is 5.16 Å². The van der Waals surface area contributed by atoms with Crippen molar-refractivity contribution >= 4 is 40.7 Å². The molecule has 0 fully saturated rings. The quantitative estimate of drug-likeness (QED) is 0.705. The summed E-state index contributed by atoms with van der Waals surface area (Å²) in [4.78, 5) is 0. The highest BCUT2D eigenvalue weighted by Crippen LogP contribution is 2.34. The Morgan fingerprint density at radius 1 is 1.00 bits per heavy atom. The minimum atomic E-state index is 0.537. The van der Waals surface area contributed by atoms with Crippen LogP contribution in [0.3, 0.4) is 0 Å². The summed E-state index contributed by atoms with van der Waals surface area (Å²) in [6.07, 6.45) is 0. The van der Waals surface area contributed by atoms with Gasteiger partial charge in [-0.05, 0) is 23.8 Å². The number of nitrogens with one attached hydrogen (secondary N) is 1. The summed E-state index contributed by atoms with van der Waals surface area (Å²) in [7, 11) is 0. The van der Waals surface area contributed by atoms with Crippen molar-refractivity contribution in [3.63, 3.8) is 0 Å². The smallest absolute Gasteiger partial charge is 0.214 e. The summed E-state index contributed by atoms with van der Waals surface area (Å²) in [5.74, 6) is 0.649. The lowest BCUT2D eigenvalue weighted by atomic mass is 10.2. The Labute approximate surface area is 147 Å². The molecule has 0 unspecified atom stereocenters. The molecule has 0 atom stereocenters. The fourth-order valence-electron chi connectivity index (χ4n) is 2.30. The van der Waals surface area contributed by atoms with Crippen molar-refractivity contribution in [1.29, 1.82) is 0 Å². The van der Waals surface area contributed by atoms with Crippen LogP contribution in [0.15, 0.2) is 59.1 Å². The normalized spacial score (nSPS) is 13.2. The number of rotatable bonds is 2. The maximum Gasteiger partial charge on any atom is 0.214 e.